The van der Waals surface area contributed by atoms with Gasteiger partial charge in [0.15, 0.2) is 16.0 Å². The van der Waals surface area contributed by atoms with Gasteiger partial charge in [-0.05, 0) is 31.2 Å². The zero-order chi connectivity index (χ0) is 17.9. The first-order valence-electron chi connectivity index (χ1n) is 7.80. The Balaban J connectivity index is 1.53. The normalized spacial score (nSPS) is 10.8. The van der Waals surface area contributed by atoms with Crippen LogP contribution in [-0.2, 0) is 0 Å². The third-order valence-electron chi connectivity index (χ3n) is 3.39. The minimum absolute atomic E-state index is 0.312. The number of benzene rings is 1. The Morgan fingerprint density at radius 3 is 2.88 bits per heavy atom. The predicted octanol–water partition coefficient (Wildman–Crippen LogP) is 3.86. The molecule has 0 aliphatic carbocycles. The third-order valence-corrected chi connectivity index (χ3v) is 5.16. The van der Waals surface area contributed by atoms with Gasteiger partial charge in [-0.3, -0.25) is 10.1 Å². The van der Waals surface area contributed by atoms with Crippen LogP contribution in [0.2, 0.25) is 0 Å². The van der Waals surface area contributed by atoms with E-state index in [0.717, 1.165) is 16.0 Å². The molecule has 0 saturated carbocycles. The van der Waals surface area contributed by atoms with Crippen molar-refractivity contribution >= 4 is 43.9 Å². The van der Waals surface area contributed by atoms with Gasteiger partial charge in [-0.2, -0.15) is 0 Å². The summed E-state index contributed by atoms with van der Waals surface area (Å²) < 4.78 is 6.44. The second-order valence-electron chi connectivity index (χ2n) is 5.15. The van der Waals surface area contributed by atoms with Crippen LogP contribution in [0.15, 0.2) is 42.0 Å². The summed E-state index contributed by atoms with van der Waals surface area (Å²) in [7, 11) is 0. The van der Waals surface area contributed by atoms with Crippen molar-refractivity contribution in [2.45, 2.75) is 6.92 Å². The molecule has 7 nitrogen and oxygen atoms in total. The van der Waals surface area contributed by atoms with Crippen molar-refractivity contribution in [3.8, 4) is 16.6 Å². The molecule has 0 spiro atoms. The largest absolute Gasteiger partial charge is 0.494 e. The van der Waals surface area contributed by atoms with Crippen molar-refractivity contribution in [1.29, 1.82) is 0 Å². The highest BCUT2D eigenvalue weighted by Gasteiger charge is 2.15. The molecule has 0 fully saturated rings. The molecular formula is C17H13N5O2S2. The molecule has 130 valence electrons. The molecule has 0 radical (unpaired) electrons. The van der Waals surface area contributed by atoms with Crippen molar-refractivity contribution in [3.05, 3.63) is 47.7 Å². The van der Waals surface area contributed by atoms with Gasteiger partial charge in [-0.1, -0.05) is 11.3 Å². The fourth-order valence-electron chi connectivity index (χ4n) is 2.27. The summed E-state index contributed by atoms with van der Waals surface area (Å²) >= 11 is 2.71. The summed E-state index contributed by atoms with van der Waals surface area (Å²) in [6, 6.07) is 7.39. The lowest BCUT2D eigenvalue weighted by molar-refractivity contribution is 0.102. The van der Waals surface area contributed by atoms with Gasteiger partial charge >= 0.3 is 0 Å². The average molecular weight is 383 g/mol. The maximum Gasteiger partial charge on any atom is 0.276 e. The molecule has 4 rings (SSSR count). The molecule has 9 heteroatoms. The zero-order valence-electron chi connectivity index (χ0n) is 13.7. The Kier molecular flexibility index (Phi) is 4.55. The lowest BCUT2D eigenvalue weighted by Crippen LogP contribution is -2.12. The van der Waals surface area contributed by atoms with E-state index < -0.39 is 0 Å². The molecule has 1 aromatic carbocycles. The number of aromatic nitrogens is 4. The van der Waals surface area contributed by atoms with Crippen LogP contribution in [0.3, 0.4) is 0 Å². The number of amides is 1. The van der Waals surface area contributed by atoms with Crippen LogP contribution in [0, 0.1) is 0 Å². The molecule has 0 saturated heterocycles. The van der Waals surface area contributed by atoms with Crippen molar-refractivity contribution < 1.29 is 9.53 Å². The predicted molar refractivity (Wildman–Crippen MR) is 102 cm³/mol. The van der Waals surface area contributed by atoms with E-state index in [4.69, 9.17) is 4.74 Å². The van der Waals surface area contributed by atoms with Crippen LogP contribution in [0.4, 0.5) is 5.13 Å². The number of ether oxygens (including phenoxy) is 1. The summed E-state index contributed by atoms with van der Waals surface area (Å²) in [6.45, 7) is 2.54. The van der Waals surface area contributed by atoms with Gasteiger partial charge in [-0.15, -0.1) is 11.3 Å². The van der Waals surface area contributed by atoms with Gasteiger partial charge < -0.3 is 4.74 Å². The number of hydrogen-bond acceptors (Lipinski definition) is 8. The second-order valence-corrected chi connectivity index (χ2v) is 7.03. The highest BCUT2D eigenvalue weighted by molar-refractivity contribution is 7.22. The number of anilines is 1. The van der Waals surface area contributed by atoms with Crippen LogP contribution in [0.1, 0.15) is 17.4 Å². The highest BCUT2D eigenvalue weighted by atomic mass is 32.1. The molecule has 0 atom stereocenters. The average Bonchev–Trinajstić information content (AvgIpc) is 3.29. The molecule has 0 aliphatic heterocycles. The van der Waals surface area contributed by atoms with Crippen LogP contribution in [-0.4, -0.2) is 32.4 Å². The summed E-state index contributed by atoms with van der Waals surface area (Å²) in [6.07, 6.45) is 3.28. The van der Waals surface area contributed by atoms with E-state index >= 15 is 0 Å². The molecule has 4 aromatic rings. The fraction of sp³-hybridized carbons (Fsp3) is 0.118. The smallest absolute Gasteiger partial charge is 0.276 e. The lowest BCUT2D eigenvalue weighted by Gasteiger charge is -2.00. The van der Waals surface area contributed by atoms with Gasteiger partial charge in [0.2, 0.25) is 0 Å². The zero-order valence-corrected chi connectivity index (χ0v) is 15.3. The van der Waals surface area contributed by atoms with E-state index in [-0.39, 0.29) is 5.91 Å². The Labute approximate surface area is 156 Å². The maximum absolute atomic E-state index is 12.4. The van der Waals surface area contributed by atoms with E-state index in [2.05, 4.69) is 25.3 Å². The Morgan fingerprint density at radius 1 is 1.23 bits per heavy atom. The van der Waals surface area contributed by atoms with Crippen molar-refractivity contribution in [2.24, 2.45) is 0 Å². The van der Waals surface area contributed by atoms with Crippen LogP contribution in [0.25, 0.3) is 21.0 Å². The molecule has 3 heterocycles. The Hall–Kier alpha value is -2.91. The van der Waals surface area contributed by atoms with Crippen molar-refractivity contribution in [2.75, 3.05) is 11.9 Å². The van der Waals surface area contributed by atoms with Crippen LogP contribution in [0.5, 0.6) is 5.75 Å². The van der Waals surface area contributed by atoms with E-state index in [0.29, 0.717) is 28.3 Å². The van der Waals surface area contributed by atoms with Gasteiger partial charge in [0.05, 0.1) is 16.8 Å². The number of thiazole rings is 2. The number of carbonyl (C=O) groups is 1. The van der Waals surface area contributed by atoms with E-state index in [1.54, 1.807) is 23.8 Å². The molecule has 3 aromatic heterocycles. The molecule has 0 bridgehead atoms. The molecule has 1 amide bonds. The number of nitrogens with one attached hydrogen (secondary N) is 1. The monoisotopic (exact) mass is 383 g/mol. The standard InChI is InChI=1S/C17H13N5O2S2/c1-2-24-10-4-5-11-13(8-10)26-17(21-11)22-15(23)12-9-25-16(20-12)14-18-6-3-7-19-14/h3-9H,2H2,1H3,(H,21,22,23). The number of carbonyl (C=O) groups excluding carboxylic acids is 1. The number of rotatable bonds is 5. The second kappa shape index (κ2) is 7.14. The van der Waals surface area contributed by atoms with E-state index in [1.165, 1.54) is 22.7 Å². The SMILES string of the molecule is CCOc1ccc2nc(NC(=O)c3csc(-c4ncccn4)n3)sc2c1. The number of nitrogens with zero attached hydrogens (tertiary/aromatic N) is 4. The third kappa shape index (κ3) is 3.39. The van der Waals surface area contributed by atoms with Crippen molar-refractivity contribution in [3.63, 3.8) is 0 Å². The van der Waals surface area contributed by atoms with Crippen molar-refractivity contribution in [1.82, 2.24) is 19.9 Å². The Bertz CT molecular complexity index is 1060. The fourth-order valence-corrected chi connectivity index (χ4v) is 3.90. The maximum atomic E-state index is 12.4. The molecule has 26 heavy (non-hydrogen) atoms. The molecule has 0 unspecified atom stereocenters. The minimum Gasteiger partial charge on any atom is -0.494 e. The first kappa shape index (κ1) is 16.6. The summed E-state index contributed by atoms with van der Waals surface area (Å²) in [5.41, 5.74) is 1.12. The van der Waals surface area contributed by atoms with Gasteiger partial charge in [-0.25, -0.2) is 19.9 Å². The minimum atomic E-state index is -0.312. The van der Waals surface area contributed by atoms with Crippen LogP contribution >= 0.6 is 22.7 Å². The van der Waals surface area contributed by atoms with Crippen LogP contribution < -0.4 is 10.1 Å². The quantitative estimate of drug-likeness (QED) is 0.563. The Morgan fingerprint density at radius 2 is 2.08 bits per heavy atom. The van der Waals surface area contributed by atoms with Gasteiger partial charge in [0, 0.05) is 17.8 Å². The first-order chi connectivity index (χ1) is 12.7. The van der Waals surface area contributed by atoms with E-state index in [1.807, 2.05) is 25.1 Å². The first-order valence-corrected chi connectivity index (χ1v) is 9.50. The van der Waals surface area contributed by atoms with Gasteiger partial charge in [0.25, 0.3) is 5.91 Å². The number of fused-ring (bicyclic) bond motifs is 1. The summed E-state index contributed by atoms with van der Waals surface area (Å²) in [5.74, 6) is 0.973. The van der Waals surface area contributed by atoms with E-state index in [9.17, 15) is 4.79 Å². The topological polar surface area (TPSA) is 89.9 Å². The summed E-state index contributed by atoms with van der Waals surface area (Å²) in [4.78, 5) is 29.5. The molecule has 1 N–H and O–H groups in total. The lowest BCUT2D eigenvalue weighted by atomic mass is 10.3. The highest BCUT2D eigenvalue weighted by Crippen LogP contribution is 2.29. The number of hydrogen-bond donors (Lipinski definition) is 1. The van der Waals surface area contributed by atoms with Gasteiger partial charge in [0.1, 0.15) is 11.4 Å². The molecular weight excluding hydrogens is 370 g/mol. The summed E-state index contributed by atoms with van der Waals surface area (Å²) in [5, 5.41) is 5.59. The molecule has 0 aliphatic rings.